The van der Waals surface area contributed by atoms with E-state index in [2.05, 4.69) is 21.2 Å². The first kappa shape index (κ1) is 15.0. The Labute approximate surface area is 127 Å². The third kappa shape index (κ3) is 4.05. The summed E-state index contributed by atoms with van der Waals surface area (Å²) >= 11 is 3.35. The molecule has 20 heavy (non-hydrogen) atoms. The van der Waals surface area contributed by atoms with Gasteiger partial charge >= 0.3 is 0 Å². The van der Waals surface area contributed by atoms with Gasteiger partial charge in [-0.15, -0.1) is 0 Å². The Hall–Kier alpha value is -1.39. The van der Waals surface area contributed by atoms with Crippen LogP contribution in [0.2, 0.25) is 0 Å². The first-order valence-corrected chi connectivity index (χ1v) is 7.26. The van der Waals surface area contributed by atoms with Gasteiger partial charge in [0.2, 0.25) is 0 Å². The standard InChI is InChI=1S/C16H17BrFNO/c1-20-16-5-3-2-4-12(16)8-9-19-11-13-10-14(17)6-7-15(13)18/h2-7,10,19H,8-9,11H2,1H3. The van der Waals surface area contributed by atoms with Crippen LogP contribution in [0.3, 0.4) is 0 Å². The third-order valence-corrected chi connectivity index (χ3v) is 3.58. The van der Waals surface area contributed by atoms with Crippen molar-refractivity contribution in [1.82, 2.24) is 5.32 Å². The maximum absolute atomic E-state index is 13.6. The predicted octanol–water partition coefficient (Wildman–Crippen LogP) is 3.93. The van der Waals surface area contributed by atoms with Crippen molar-refractivity contribution in [2.45, 2.75) is 13.0 Å². The topological polar surface area (TPSA) is 21.3 Å². The number of ether oxygens (including phenoxy) is 1. The molecule has 0 saturated heterocycles. The molecule has 0 aliphatic rings. The van der Waals surface area contributed by atoms with Crippen LogP contribution < -0.4 is 10.1 Å². The van der Waals surface area contributed by atoms with E-state index in [9.17, 15) is 4.39 Å². The highest BCUT2D eigenvalue weighted by Crippen LogP contribution is 2.18. The minimum absolute atomic E-state index is 0.182. The van der Waals surface area contributed by atoms with E-state index in [0.29, 0.717) is 12.1 Å². The molecule has 0 unspecified atom stereocenters. The monoisotopic (exact) mass is 337 g/mol. The van der Waals surface area contributed by atoms with Gasteiger partial charge in [-0.05, 0) is 42.8 Å². The lowest BCUT2D eigenvalue weighted by Crippen LogP contribution is -2.17. The van der Waals surface area contributed by atoms with E-state index in [0.717, 1.165) is 28.8 Å². The Morgan fingerprint density at radius 2 is 1.95 bits per heavy atom. The van der Waals surface area contributed by atoms with Crippen molar-refractivity contribution in [3.05, 3.63) is 63.9 Å². The van der Waals surface area contributed by atoms with Crippen LogP contribution >= 0.6 is 15.9 Å². The van der Waals surface area contributed by atoms with E-state index in [1.54, 1.807) is 19.2 Å². The molecule has 4 heteroatoms. The molecule has 2 aromatic carbocycles. The molecule has 1 N–H and O–H groups in total. The maximum Gasteiger partial charge on any atom is 0.127 e. The number of methoxy groups -OCH3 is 1. The molecular formula is C16H17BrFNO. The van der Waals surface area contributed by atoms with Gasteiger partial charge in [0.15, 0.2) is 0 Å². The van der Waals surface area contributed by atoms with Gasteiger partial charge in [0.25, 0.3) is 0 Å². The van der Waals surface area contributed by atoms with Gasteiger partial charge in [0.05, 0.1) is 7.11 Å². The molecule has 106 valence electrons. The van der Waals surface area contributed by atoms with Crippen LogP contribution in [0.25, 0.3) is 0 Å². The van der Waals surface area contributed by atoms with Crippen LogP contribution in [-0.4, -0.2) is 13.7 Å². The summed E-state index contributed by atoms with van der Waals surface area (Å²) < 4.78 is 19.7. The first-order valence-electron chi connectivity index (χ1n) is 6.47. The average molecular weight is 338 g/mol. The molecule has 0 aromatic heterocycles. The largest absolute Gasteiger partial charge is 0.496 e. The maximum atomic E-state index is 13.6. The van der Waals surface area contributed by atoms with Gasteiger partial charge in [-0.1, -0.05) is 34.1 Å². The number of halogens is 2. The molecular weight excluding hydrogens is 321 g/mol. The summed E-state index contributed by atoms with van der Waals surface area (Å²) in [7, 11) is 1.67. The highest BCUT2D eigenvalue weighted by molar-refractivity contribution is 9.10. The minimum Gasteiger partial charge on any atom is -0.496 e. The Balaban J connectivity index is 1.86. The predicted molar refractivity (Wildman–Crippen MR) is 82.5 cm³/mol. The molecule has 0 saturated carbocycles. The summed E-state index contributed by atoms with van der Waals surface area (Å²) in [4.78, 5) is 0. The van der Waals surface area contributed by atoms with Crippen LogP contribution in [-0.2, 0) is 13.0 Å². The van der Waals surface area contributed by atoms with E-state index in [1.807, 2.05) is 24.3 Å². The van der Waals surface area contributed by atoms with Gasteiger partial charge in [-0.2, -0.15) is 0 Å². The lowest BCUT2D eigenvalue weighted by Gasteiger charge is -2.09. The Kier molecular flexibility index (Phi) is 5.56. The summed E-state index contributed by atoms with van der Waals surface area (Å²) in [6.45, 7) is 1.28. The van der Waals surface area contributed by atoms with Crippen molar-refractivity contribution in [2.75, 3.05) is 13.7 Å². The molecule has 0 fully saturated rings. The van der Waals surface area contributed by atoms with Gasteiger partial charge in [-0.3, -0.25) is 0 Å². The second kappa shape index (κ2) is 7.41. The highest BCUT2D eigenvalue weighted by atomic mass is 79.9. The fourth-order valence-corrected chi connectivity index (χ4v) is 2.44. The second-order valence-electron chi connectivity index (χ2n) is 4.47. The van der Waals surface area contributed by atoms with Crippen LogP contribution in [0.4, 0.5) is 4.39 Å². The Morgan fingerprint density at radius 3 is 2.75 bits per heavy atom. The SMILES string of the molecule is COc1ccccc1CCNCc1cc(Br)ccc1F. The lowest BCUT2D eigenvalue weighted by molar-refractivity contribution is 0.409. The molecule has 2 aromatic rings. The molecule has 2 nitrogen and oxygen atoms in total. The molecule has 0 radical (unpaired) electrons. The van der Waals surface area contributed by atoms with Crippen LogP contribution in [0.1, 0.15) is 11.1 Å². The van der Waals surface area contributed by atoms with Crippen LogP contribution in [0.5, 0.6) is 5.75 Å². The van der Waals surface area contributed by atoms with E-state index in [4.69, 9.17) is 4.74 Å². The van der Waals surface area contributed by atoms with Crippen molar-refractivity contribution in [2.24, 2.45) is 0 Å². The van der Waals surface area contributed by atoms with Gasteiger partial charge in [0.1, 0.15) is 11.6 Å². The molecule has 0 amide bonds. The van der Waals surface area contributed by atoms with Gasteiger partial charge in [0, 0.05) is 16.6 Å². The quantitative estimate of drug-likeness (QED) is 0.806. The summed E-state index contributed by atoms with van der Waals surface area (Å²) in [5, 5.41) is 3.25. The Morgan fingerprint density at radius 1 is 1.15 bits per heavy atom. The van der Waals surface area contributed by atoms with E-state index in [1.165, 1.54) is 6.07 Å². The molecule has 0 heterocycles. The summed E-state index contributed by atoms with van der Waals surface area (Å²) in [6.07, 6.45) is 0.847. The Bertz CT molecular complexity index is 574. The smallest absolute Gasteiger partial charge is 0.127 e. The zero-order chi connectivity index (χ0) is 14.4. The summed E-state index contributed by atoms with van der Waals surface area (Å²) in [5.41, 5.74) is 1.82. The fourth-order valence-electron chi connectivity index (χ4n) is 2.03. The number of hydrogen-bond donors (Lipinski definition) is 1. The van der Waals surface area contributed by atoms with Crippen molar-refractivity contribution >= 4 is 15.9 Å². The van der Waals surface area contributed by atoms with E-state index < -0.39 is 0 Å². The lowest BCUT2D eigenvalue weighted by atomic mass is 10.1. The summed E-state index contributed by atoms with van der Waals surface area (Å²) in [6, 6.07) is 12.9. The van der Waals surface area contributed by atoms with Crippen LogP contribution in [0.15, 0.2) is 46.9 Å². The first-order chi connectivity index (χ1) is 9.70. The molecule has 0 spiro atoms. The molecule has 0 atom stereocenters. The van der Waals surface area contributed by atoms with E-state index >= 15 is 0 Å². The number of rotatable bonds is 6. The van der Waals surface area contributed by atoms with Gasteiger partial charge < -0.3 is 10.1 Å². The van der Waals surface area contributed by atoms with Gasteiger partial charge in [-0.25, -0.2) is 4.39 Å². The molecule has 2 rings (SSSR count). The average Bonchev–Trinajstić information content (AvgIpc) is 2.47. The highest BCUT2D eigenvalue weighted by Gasteiger charge is 2.04. The van der Waals surface area contributed by atoms with Crippen LogP contribution in [0, 0.1) is 5.82 Å². The number of benzene rings is 2. The number of hydrogen-bond acceptors (Lipinski definition) is 2. The molecule has 0 aliphatic heterocycles. The normalized spacial score (nSPS) is 10.6. The summed E-state index contributed by atoms with van der Waals surface area (Å²) in [5.74, 6) is 0.709. The minimum atomic E-state index is -0.182. The number of nitrogens with one attached hydrogen (secondary N) is 1. The van der Waals surface area contributed by atoms with Crippen molar-refractivity contribution in [3.8, 4) is 5.75 Å². The second-order valence-corrected chi connectivity index (χ2v) is 5.39. The molecule has 0 bridgehead atoms. The van der Waals surface area contributed by atoms with E-state index in [-0.39, 0.29) is 5.82 Å². The van der Waals surface area contributed by atoms with Crippen molar-refractivity contribution in [1.29, 1.82) is 0 Å². The zero-order valence-corrected chi connectivity index (χ0v) is 12.9. The third-order valence-electron chi connectivity index (χ3n) is 3.09. The number of para-hydroxylation sites is 1. The fraction of sp³-hybridized carbons (Fsp3) is 0.250. The molecule has 0 aliphatic carbocycles. The zero-order valence-electron chi connectivity index (χ0n) is 11.3. The van der Waals surface area contributed by atoms with Crippen molar-refractivity contribution in [3.63, 3.8) is 0 Å². The van der Waals surface area contributed by atoms with Crippen molar-refractivity contribution < 1.29 is 9.13 Å².